The van der Waals surface area contributed by atoms with Crippen LogP contribution in [-0.2, 0) is 14.3 Å². The molecular weight excluding hydrogens is 529 g/mol. The Labute approximate surface area is 220 Å². The molecule has 4 rings (SSSR count). The third kappa shape index (κ3) is 6.40. The van der Waals surface area contributed by atoms with E-state index in [4.69, 9.17) is 21.4 Å². The number of carbonyl (C=O) groups excluding carboxylic acids is 1. The predicted octanol–water partition coefficient (Wildman–Crippen LogP) is 3.03. The van der Waals surface area contributed by atoms with Crippen molar-refractivity contribution in [1.29, 1.82) is 0 Å². The number of hydrogen-bond acceptors (Lipinski definition) is 8. The van der Waals surface area contributed by atoms with Crippen LogP contribution in [-0.4, -0.2) is 75.1 Å². The van der Waals surface area contributed by atoms with Crippen LogP contribution in [0.5, 0.6) is 0 Å². The van der Waals surface area contributed by atoms with Gasteiger partial charge in [-0.15, -0.1) is 4.80 Å². The van der Waals surface area contributed by atoms with Crippen molar-refractivity contribution in [2.45, 2.75) is 25.3 Å². The maximum absolute atomic E-state index is 14.6. The van der Waals surface area contributed by atoms with Gasteiger partial charge in [0.1, 0.15) is 11.9 Å². The zero-order valence-corrected chi connectivity index (χ0v) is 20.9. The van der Waals surface area contributed by atoms with E-state index in [1.807, 2.05) is 0 Å². The largest absolute Gasteiger partial charge is 0.478 e. The van der Waals surface area contributed by atoms with Crippen molar-refractivity contribution < 1.29 is 32.6 Å². The minimum atomic E-state index is -3.11. The van der Waals surface area contributed by atoms with Gasteiger partial charge in [0.05, 0.1) is 31.1 Å². The summed E-state index contributed by atoms with van der Waals surface area (Å²) in [6, 6.07) is 2.53. The summed E-state index contributed by atoms with van der Waals surface area (Å²) < 4.78 is 48.4. The molecule has 2 atom stereocenters. The van der Waals surface area contributed by atoms with Gasteiger partial charge in [-0.3, -0.25) is 4.90 Å². The van der Waals surface area contributed by atoms with Gasteiger partial charge in [0.25, 0.3) is 5.92 Å². The first-order chi connectivity index (χ1) is 18.1. The van der Waals surface area contributed by atoms with Gasteiger partial charge in [0.2, 0.25) is 5.96 Å². The average molecular weight is 553 g/mol. The summed E-state index contributed by atoms with van der Waals surface area (Å²) in [6.07, 6.45) is 4.37. The highest BCUT2D eigenvalue weighted by Crippen LogP contribution is 2.37. The number of hydrogen-bond donors (Lipinski definition) is 2. The number of carboxylic acids is 1. The van der Waals surface area contributed by atoms with E-state index in [1.165, 1.54) is 29.4 Å². The number of benzene rings is 1. The minimum Gasteiger partial charge on any atom is -0.478 e. The second-order valence-corrected chi connectivity index (χ2v) is 9.17. The molecule has 2 aliphatic rings. The van der Waals surface area contributed by atoms with Crippen LogP contribution < -0.4 is 5.32 Å². The fraction of sp³-hybridized carbons (Fsp3) is 0.375. The molecule has 0 spiro atoms. The first-order valence-electron chi connectivity index (χ1n) is 11.6. The van der Waals surface area contributed by atoms with Crippen molar-refractivity contribution in [2.24, 2.45) is 10.9 Å². The summed E-state index contributed by atoms with van der Waals surface area (Å²) in [7, 11) is 0. The second kappa shape index (κ2) is 11.4. The van der Waals surface area contributed by atoms with E-state index >= 15 is 0 Å². The highest BCUT2D eigenvalue weighted by molar-refractivity contribution is 6.31. The molecule has 1 aromatic heterocycles. The van der Waals surface area contributed by atoms with Crippen molar-refractivity contribution in [3.8, 4) is 0 Å². The number of aliphatic carboxylic acids is 1. The monoisotopic (exact) mass is 552 g/mol. The van der Waals surface area contributed by atoms with Gasteiger partial charge in [-0.1, -0.05) is 23.7 Å². The summed E-state index contributed by atoms with van der Waals surface area (Å²) >= 11 is 6.33. The van der Waals surface area contributed by atoms with Crippen molar-refractivity contribution >= 4 is 29.5 Å². The van der Waals surface area contributed by atoms with Crippen LogP contribution in [0.2, 0.25) is 5.02 Å². The van der Waals surface area contributed by atoms with Gasteiger partial charge >= 0.3 is 11.9 Å². The van der Waals surface area contributed by atoms with Crippen LogP contribution in [0.3, 0.4) is 0 Å². The van der Waals surface area contributed by atoms with E-state index in [0.29, 0.717) is 0 Å². The fourth-order valence-electron chi connectivity index (χ4n) is 4.46. The zero-order chi connectivity index (χ0) is 27.4. The molecule has 2 N–H and O–H groups in total. The number of halogens is 4. The molecule has 1 fully saturated rings. The molecular formula is C24H24ClF3N6O4. The van der Waals surface area contributed by atoms with E-state index in [9.17, 15) is 22.8 Å². The molecule has 0 unspecified atom stereocenters. The Morgan fingerprint density at radius 3 is 2.71 bits per heavy atom. The fourth-order valence-corrected chi connectivity index (χ4v) is 4.73. The van der Waals surface area contributed by atoms with Gasteiger partial charge in [-0.25, -0.2) is 27.8 Å². The molecule has 0 aliphatic carbocycles. The number of rotatable bonds is 7. The maximum atomic E-state index is 14.6. The van der Waals surface area contributed by atoms with Crippen LogP contribution in [0.4, 0.5) is 13.2 Å². The van der Waals surface area contributed by atoms with Crippen LogP contribution in [0.15, 0.2) is 59.0 Å². The first-order valence-corrected chi connectivity index (χ1v) is 12.0. The minimum absolute atomic E-state index is 0.00190. The Bertz CT molecular complexity index is 1300. The second-order valence-electron chi connectivity index (χ2n) is 8.76. The lowest BCUT2D eigenvalue weighted by molar-refractivity contribution is -0.139. The Morgan fingerprint density at radius 2 is 2.05 bits per heavy atom. The van der Waals surface area contributed by atoms with E-state index in [2.05, 4.69) is 20.5 Å². The molecule has 3 heterocycles. The van der Waals surface area contributed by atoms with Gasteiger partial charge < -0.3 is 15.2 Å². The van der Waals surface area contributed by atoms with Gasteiger partial charge in [-0.2, -0.15) is 10.2 Å². The topological polar surface area (TPSA) is 122 Å². The summed E-state index contributed by atoms with van der Waals surface area (Å²) in [6.45, 7) is 0.952. The summed E-state index contributed by atoms with van der Waals surface area (Å²) in [5.41, 5.74) is 0.476. The number of nitrogens with one attached hydrogen (secondary N) is 1. The van der Waals surface area contributed by atoms with Crippen molar-refractivity contribution in [2.75, 3.05) is 26.2 Å². The maximum Gasteiger partial charge on any atom is 0.338 e. The molecule has 0 radical (unpaired) electrons. The molecule has 14 heteroatoms. The molecule has 0 bridgehead atoms. The van der Waals surface area contributed by atoms with Crippen LogP contribution >= 0.6 is 11.6 Å². The van der Waals surface area contributed by atoms with Crippen LogP contribution in [0.25, 0.3) is 0 Å². The molecule has 202 valence electrons. The number of esters is 1. The average Bonchev–Trinajstić information content (AvgIpc) is 3.37. The number of nitrogens with zero attached hydrogens (tertiary/aromatic N) is 5. The van der Waals surface area contributed by atoms with Gasteiger partial charge in [0, 0.05) is 41.9 Å². The van der Waals surface area contributed by atoms with E-state index in [1.54, 1.807) is 6.92 Å². The van der Waals surface area contributed by atoms with Crippen LogP contribution in [0, 0.1) is 11.7 Å². The quantitative estimate of drug-likeness (QED) is 0.397. The lowest BCUT2D eigenvalue weighted by Crippen LogP contribution is -2.50. The van der Waals surface area contributed by atoms with Crippen LogP contribution in [0.1, 0.15) is 24.9 Å². The molecule has 1 saturated heterocycles. The van der Waals surface area contributed by atoms with Crippen molar-refractivity contribution in [3.63, 3.8) is 0 Å². The normalized spacial score (nSPS) is 21.8. The van der Waals surface area contributed by atoms with Gasteiger partial charge in [-0.05, 0) is 25.0 Å². The smallest absolute Gasteiger partial charge is 0.338 e. The lowest BCUT2D eigenvalue weighted by Gasteiger charge is -2.38. The molecule has 10 nitrogen and oxygen atoms in total. The standard InChI is InChI=1S/C24H24ClF3N6O4/c1-2-38-22(37)20-18(12-33-11-14(3-6-19(35)36)10-24(27,28)13-33)31-23(34-29-7-8-30-34)32-21(20)16-5-4-15(26)9-17(16)25/h3-9,14,21H,2,10-13H2,1H3,(H,31,32)(H,35,36)/b6-3+/t14-,21-/m0/s1. The number of likely N-dealkylation sites (tertiary alicyclic amines) is 1. The highest BCUT2D eigenvalue weighted by Gasteiger charge is 2.41. The van der Waals surface area contributed by atoms with Gasteiger partial charge in [0.15, 0.2) is 0 Å². The molecule has 1 aromatic carbocycles. The zero-order valence-electron chi connectivity index (χ0n) is 20.2. The number of ether oxygens (including phenoxy) is 1. The lowest BCUT2D eigenvalue weighted by atomic mass is 9.93. The summed E-state index contributed by atoms with van der Waals surface area (Å²) in [5.74, 6) is -6.36. The number of carbonyl (C=O) groups is 2. The summed E-state index contributed by atoms with van der Waals surface area (Å²) in [4.78, 5) is 31.2. The molecule has 2 aromatic rings. The molecule has 0 saturated carbocycles. The highest BCUT2D eigenvalue weighted by atomic mass is 35.5. The number of aliphatic imine (C=N–C) groups is 1. The molecule has 0 amide bonds. The first kappa shape index (κ1) is 27.3. The third-order valence-electron chi connectivity index (χ3n) is 5.87. The summed E-state index contributed by atoms with van der Waals surface area (Å²) in [5, 5.41) is 20.0. The van der Waals surface area contributed by atoms with E-state index in [-0.39, 0.29) is 47.5 Å². The van der Waals surface area contributed by atoms with Crippen molar-refractivity contribution in [3.05, 3.63) is 70.4 Å². The Hall–Kier alpha value is -3.71. The van der Waals surface area contributed by atoms with E-state index in [0.717, 1.165) is 23.0 Å². The molecule has 2 aliphatic heterocycles. The van der Waals surface area contributed by atoms with Crippen molar-refractivity contribution in [1.82, 2.24) is 25.2 Å². The Balaban J connectivity index is 1.78. The third-order valence-corrected chi connectivity index (χ3v) is 6.20. The Morgan fingerprint density at radius 1 is 1.32 bits per heavy atom. The molecule has 38 heavy (non-hydrogen) atoms. The predicted molar refractivity (Wildman–Crippen MR) is 130 cm³/mol. The number of alkyl halides is 2. The SMILES string of the molecule is CCOC(=O)C1=C(CN2C[C@@H](/C=C/C(=O)O)CC(F)(F)C2)NC(n2nccn2)=N[C@H]1c1ccc(F)cc1Cl. The van der Waals surface area contributed by atoms with E-state index < -0.39 is 48.6 Å². The number of carboxylic acid groups (broad SMARTS) is 1. The number of aromatic nitrogens is 3. The Kier molecular flexibility index (Phi) is 8.17. The number of piperidine rings is 1.